The summed E-state index contributed by atoms with van der Waals surface area (Å²) in [5, 5.41) is 3.39. The normalized spacial score (nSPS) is 12.6. The van der Waals surface area contributed by atoms with E-state index in [0.717, 1.165) is 25.8 Å². The van der Waals surface area contributed by atoms with Crippen LogP contribution in [0, 0.1) is 5.92 Å². The van der Waals surface area contributed by atoms with E-state index in [-0.39, 0.29) is 12.0 Å². The topological polar surface area (TPSA) is 32.3 Å². The molecule has 0 aromatic heterocycles. The second-order valence-corrected chi connectivity index (χ2v) is 5.73. The minimum atomic E-state index is 0.0390. The highest BCUT2D eigenvalue weighted by Gasteiger charge is 2.20. The molecule has 0 fully saturated rings. The van der Waals surface area contributed by atoms with Crippen LogP contribution in [0.5, 0.6) is 0 Å². The van der Waals surface area contributed by atoms with Crippen molar-refractivity contribution in [1.82, 2.24) is 10.2 Å². The average molecular weight is 496 g/mol. The Morgan fingerprint density at radius 2 is 1.63 bits per heavy atom. The van der Waals surface area contributed by atoms with Gasteiger partial charge >= 0.3 is 0 Å². The maximum absolute atomic E-state index is 12.0. The molecule has 1 N–H and O–H groups in total. The van der Waals surface area contributed by atoms with Crippen molar-refractivity contribution in [1.29, 1.82) is 0 Å². The summed E-state index contributed by atoms with van der Waals surface area (Å²) in [6, 6.07) is 0.411. The van der Waals surface area contributed by atoms with E-state index in [1.807, 2.05) is 13.8 Å². The molecule has 1 unspecified atom stereocenters. The van der Waals surface area contributed by atoms with E-state index in [2.05, 4.69) is 75.4 Å². The number of halogens is 2. The molecule has 0 bridgehead atoms. The lowest BCUT2D eigenvalue weighted by molar-refractivity contribution is -0.124. The summed E-state index contributed by atoms with van der Waals surface area (Å²) in [5.41, 5.74) is 0. The first-order valence-corrected chi connectivity index (χ1v) is 13.2. The number of unbranched alkanes of at least 4 members (excludes halogenated alkanes) is 1. The monoisotopic (exact) mass is 496 g/mol. The third-order valence-electron chi connectivity index (χ3n) is 2.80. The minimum absolute atomic E-state index is 0.0390. The fourth-order valence-electron chi connectivity index (χ4n) is 1.89. The quantitative estimate of drug-likeness (QED) is 0.386. The summed E-state index contributed by atoms with van der Waals surface area (Å²) >= 11 is 4.24. The van der Waals surface area contributed by atoms with Crippen LogP contribution in [0.2, 0.25) is 0 Å². The molecule has 116 valence electrons. The lowest BCUT2D eigenvalue weighted by Crippen LogP contribution is -2.42. The Kier molecular flexibility index (Phi) is 16.5. The van der Waals surface area contributed by atoms with Crippen LogP contribution in [-0.4, -0.2) is 43.4 Å². The van der Waals surface area contributed by atoms with Crippen molar-refractivity contribution in [3.63, 3.8) is 0 Å². The van der Waals surface area contributed by atoms with Crippen LogP contribution >= 0.6 is 37.2 Å². The fraction of sp³-hybridized carbons (Fsp3) is 0.929. The van der Waals surface area contributed by atoms with E-state index in [9.17, 15) is 4.79 Å². The van der Waals surface area contributed by atoms with Crippen molar-refractivity contribution in [3.05, 3.63) is 0 Å². The van der Waals surface area contributed by atoms with Crippen molar-refractivity contribution >= 4 is 43.0 Å². The third-order valence-corrected chi connectivity index (χ3v) is 2.80. The second kappa shape index (κ2) is 14.0. The molecular formula is C14H30I2N2O. The van der Waals surface area contributed by atoms with Gasteiger partial charge in [-0.15, -0.1) is 0 Å². The molecule has 0 spiro atoms. The molecule has 0 radical (unpaired) electrons. The van der Waals surface area contributed by atoms with Gasteiger partial charge in [0.15, 0.2) is 5.78 Å². The number of Topliss-reactive ketones (excluding diaryl/α,β-unsaturated/α-hetero) is 1. The largest absolute Gasteiger partial charge is 0.309 e. The highest BCUT2D eigenvalue weighted by molar-refractivity contribution is 15.0. The Morgan fingerprint density at radius 1 is 1.11 bits per heavy atom. The van der Waals surface area contributed by atoms with Gasteiger partial charge in [-0.1, -0.05) is 34.1 Å². The SMILES string of the molecule is CC(C)NC(CCCCN(C)C)C(=O)C(C)C.II. The van der Waals surface area contributed by atoms with Gasteiger partial charge in [-0.05, 0) is 33.5 Å². The van der Waals surface area contributed by atoms with Crippen LogP contribution in [0.1, 0.15) is 47.0 Å². The van der Waals surface area contributed by atoms with Crippen molar-refractivity contribution < 1.29 is 4.79 Å². The van der Waals surface area contributed by atoms with Crippen molar-refractivity contribution in [2.24, 2.45) is 5.92 Å². The summed E-state index contributed by atoms with van der Waals surface area (Å²) < 4.78 is 0. The number of carbonyl (C=O) groups excluding carboxylic acids is 1. The van der Waals surface area contributed by atoms with Crippen LogP contribution in [0.4, 0.5) is 0 Å². The summed E-state index contributed by atoms with van der Waals surface area (Å²) in [4.78, 5) is 14.2. The van der Waals surface area contributed by atoms with Gasteiger partial charge in [-0.2, -0.15) is 0 Å². The summed E-state index contributed by atoms with van der Waals surface area (Å²) in [7, 11) is 4.17. The molecule has 0 rings (SSSR count). The van der Waals surface area contributed by atoms with Crippen LogP contribution < -0.4 is 5.32 Å². The predicted octanol–water partition coefficient (Wildman–Crippen LogP) is 4.08. The molecule has 0 aliphatic carbocycles. The molecule has 0 heterocycles. The lowest BCUT2D eigenvalue weighted by atomic mass is 9.96. The highest BCUT2D eigenvalue weighted by Crippen LogP contribution is 2.09. The maximum atomic E-state index is 12.0. The van der Waals surface area contributed by atoms with E-state index in [1.54, 1.807) is 0 Å². The Labute approximate surface area is 143 Å². The smallest absolute Gasteiger partial charge is 0.152 e. The number of ketones is 1. The highest BCUT2D eigenvalue weighted by atomic mass is 128. The first kappa shape index (κ1) is 22.3. The summed E-state index contributed by atoms with van der Waals surface area (Å²) in [5.74, 6) is 0.476. The molecule has 5 heteroatoms. The van der Waals surface area contributed by atoms with Crippen molar-refractivity contribution in [2.45, 2.75) is 59.0 Å². The van der Waals surface area contributed by atoms with Crippen molar-refractivity contribution in [3.8, 4) is 0 Å². The van der Waals surface area contributed by atoms with Gasteiger partial charge in [0.1, 0.15) is 0 Å². The van der Waals surface area contributed by atoms with Gasteiger partial charge in [0.05, 0.1) is 6.04 Å². The Bertz CT molecular complexity index is 221. The molecule has 1 atom stereocenters. The van der Waals surface area contributed by atoms with Gasteiger partial charge in [0.2, 0.25) is 0 Å². The van der Waals surface area contributed by atoms with E-state index in [1.165, 1.54) is 0 Å². The predicted molar refractivity (Wildman–Crippen MR) is 102 cm³/mol. The van der Waals surface area contributed by atoms with Gasteiger partial charge in [0, 0.05) is 49.2 Å². The number of nitrogens with one attached hydrogen (secondary N) is 1. The molecule has 3 nitrogen and oxygen atoms in total. The molecule has 0 saturated heterocycles. The van der Waals surface area contributed by atoms with Gasteiger partial charge in [0.25, 0.3) is 0 Å². The zero-order chi connectivity index (χ0) is 15.4. The molecule has 0 amide bonds. The molecule has 0 aliphatic rings. The van der Waals surface area contributed by atoms with Crippen LogP contribution in [0.25, 0.3) is 0 Å². The number of rotatable bonds is 9. The van der Waals surface area contributed by atoms with E-state index in [0.29, 0.717) is 11.8 Å². The maximum Gasteiger partial charge on any atom is 0.152 e. The third kappa shape index (κ3) is 13.8. The first-order valence-electron chi connectivity index (χ1n) is 6.93. The Morgan fingerprint density at radius 3 is 2.00 bits per heavy atom. The van der Waals surface area contributed by atoms with E-state index in [4.69, 9.17) is 0 Å². The van der Waals surface area contributed by atoms with Crippen molar-refractivity contribution in [2.75, 3.05) is 20.6 Å². The average Bonchev–Trinajstić information content (AvgIpc) is 2.33. The zero-order valence-electron chi connectivity index (χ0n) is 13.2. The molecular weight excluding hydrogens is 466 g/mol. The van der Waals surface area contributed by atoms with Gasteiger partial charge in [-0.3, -0.25) is 4.79 Å². The lowest BCUT2D eigenvalue weighted by Gasteiger charge is -2.22. The number of nitrogens with zero attached hydrogens (tertiary/aromatic N) is 1. The number of carbonyl (C=O) groups is 1. The summed E-state index contributed by atoms with van der Waals surface area (Å²) in [6.07, 6.45) is 3.23. The molecule has 0 saturated carbocycles. The Hall–Kier alpha value is 1.05. The minimum Gasteiger partial charge on any atom is -0.309 e. The summed E-state index contributed by atoms with van der Waals surface area (Å²) in [6.45, 7) is 9.26. The first-order chi connectivity index (χ1) is 8.84. The van der Waals surface area contributed by atoms with E-state index < -0.39 is 0 Å². The Balaban J connectivity index is 0. The van der Waals surface area contributed by atoms with E-state index >= 15 is 0 Å². The van der Waals surface area contributed by atoms with Crippen LogP contribution in [0.15, 0.2) is 0 Å². The standard InChI is InChI=1S/C14H30N2O.I2/c1-11(2)14(17)13(15-12(3)4)9-7-8-10-16(5)6;1-2/h11-13,15H,7-10H2,1-6H3;. The molecule has 0 aromatic carbocycles. The number of hydrogen-bond donors (Lipinski definition) is 1. The van der Waals surface area contributed by atoms with Crippen LogP contribution in [0.3, 0.4) is 0 Å². The molecule has 0 aliphatic heterocycles. The van der Waals surface area contributed by atoms with Gasteiger partial charge in [-0.25, -0.2) is 0 Å². The molecule has 0 aromatic rings. The van der Waals surface area contributed by atoms with Crippen LogP contribution in [-0.2, 0) is 4.79 Å². The van der Waals surface area contributed by atoms with Gasteiger partial charge < -0.3 is 10.2 Å². The number of hydrogen-bond acceptors (Lipinski definition) is 3. The zero-order valence-corrected chi connectivity index (χ0v) is 17.5. The second-order valence-electron chi connectivity index (χ2n) is 5.73. The molecule has 19 heavy (non-hydrogen) atoms. The fourth-order valence-corrected chi connectivity index (χ4v) is 1.89.